The van der Waals surface area contributed by atoms with E-state index < -0.39 is 0 Å². The summed E-state index contributed by atoms with van der Waals surface area (Å²) in [5.41, 5.74) is 5.89. The summed E-state index contributed by atoms with van der Waals surface area (Å²) in [4.78, 5) is 0. The van der Waals surface area contributed by atoms with Crippen LogP contribution in [0.15, 0.2) is 42.5 Å². The van der Waals surface area contributed by atoms with Crippen LogP contribution in [0.4, 0.5) is 0 Å². The largest absolute Gasteiger partial charge is 0.493 e. The van der Waals surface area contributed by atoms with Gasteiger partial charge in [-0.15, -0.1) is 0 Å². The lowest BCUT2D eigenvalue weighted by Gasteiger charge is -2.11. The van der Waals surface area contributed by atoms with Crippen LogP contribution >= 0.6 is 0 Å². The Morgan fingerprint density at radius 1 is 1.11 bits per heavy atom. The fourth-order valence-corrected chi connectivity index (χ4v) is 2.05. The SMILES string of the molecule is CCC(N)CCCOc1cccc2ccccc12. The predicted molar refractivity (Wildman–Crippen MR) is 76.9 cm³/mol. The average molecular weight is 243 g/mol. The maximum atomic E-state index is 5.89. The summed E-state index contributed by atoms with van der Waals surface area (Å²) in [6, 6.07) is 14.8. The van der Waals surface area contributed by atoms with Crippen LogP contribution in [-0.2, 0) is 0 Å². The number of hydrogen-bond acceptors (Lipinski definition) is 2. The van der Waals surface area contributed by atoms with Crippen LogP contribution < -0.4 is 10.5 Å². The van der Waals surface area contributed by atoms with Crippen molar-refractivity contribution in [1.29, 1.82) is 0 Å². The van der Waals surface area contributed by atoms with Gasteiger partial charge in [-0.25, -0.2) is 0 Å². The van der Waals surface area contributed by atoms with Crippen LogP contribution in [0.3, 0.4) is 0 Å². The number of ether oxygens (including phenoxy) is 1. The number of nitrogens with two attached hydrogens (primary N) is 1. The van der Waals surface area contributed by atoms with Gasteiger partial charge in [0.25, 0.3) is 0 Å². The molecular weight excluding hydrogens is 222 g/mol. The second-order valence-electron chi connectivity index (χ2n) is 4.64. The topological polar surface area (TPSA) is 35.2 Å². The smallest absolute Gasteiger partial charge is 0.127 e. The predicted octanol–water partition coefficient (Wildman–Crippen LogP) is 3.74. The van der Waals surface area contributed by atoms with E-state index in [0.29, 0.717) is 6.04 Å². The summed E-state index contributed by atoms with van der Waals surface area (Å²) in [6.07, 6.45) is 3.08. The van der Waals surface area contributed by atoms with E-state index >= 15 is 0 Å². The second kappa shape index (κ2) is 6.41. The van der Waals surface area contributed by atoms with Gasteiger partial charge in [0.1, 0.15) is 5.75 Å². The molecule has 0 amide bonds. The Kier molecular flexibility index (Phi) is 4.59. The lowest BCUT2D eigenvalue weighted by Crippen LogP contribution is -2.19. The zero-order valence-electron chi connectivity index (χ0n) is 10.9. The number of fused-ring (bicyclic) bond motifs is 1. The molecule has 2 heteroatoms. The Hall–Kier alpha value is -1.54. The van der Waals surface area contributed by atoms with E-state index in [9.17, 15) is 0 Å². The van der Waals surface area contributed by atoms with E-state index in [0.717, 1.165) is 31.6 Å². The van der Waals surface area contributed by atoms with Gasteiger partial charge >= 0.3 is 0 Å². The minimum atomic E-state index is 0.307. The lowest BCUT2D eigenvalue weighted by atomic mass is 10.1. The summed E-state index contributed by atoms with van der Waals surface area (Å²) in [6.45, 7) is 2.86. The molecule has 0 aliphatic rings. The van der Waals surface area contributed by atoms with Crippen molar-refractivity contribution in [2.24, 2.45) is 5.73 Å². The summed E-state index contributed by atoms with van der Waals surface area (Å²) in [7, 11) is 0. The molecule has 0 aliphatic carbocycles. The highest BCUT2D eigenvalue weighted by molar-refractivity contribution is 5.88. The molecular formula is C16H21NO. The Bertz CT molecular complexity index is 490. The third-order valence-corrected chi connectivity index (χ3v) is 3.25. The molecule has 0 fully saturated rings. The van der Waals surface area contributed by atoms with Crippen LogP contribution in [0.5, 0.6) is 5.75 Å². The Labute approximate surface area is 109 Å². The summed E-state index contributed by atoms with van der Waals surface area (Å²) in [5, 5.41) is 2.40. The van der Waals surface area contributed by atoms with Gasteiger partial charge in [0, 0.05) is 11.4 Å². The van der Waals surface area contributed by atoms with Crippen LogP contribution in [0.1, 0.15) is 26.2 Å². The van der Waals surface area contributed by atoms with Crippen molar-refractivity contribution in [3.05, 3.63) is 42.5 Å². The van der Waals surface area contributed by atoms with E-state index in [-0.39, 0.29) is 0 Å². The van der Waals surface area contributed by atoms with Crippen LogP contribution in [0, 0.1) is 0 Å². The third-order valence-electron chi connectivity index (χ3n) is 3.25. The monoisotopic (exact) mass is 243 g/mol. The van der Waals surface area contributed by atoms with Crippen molar-refractivity contribution < 1.29 is 4.74 Å². The summed E-state index contributed by atoms with van der Waals surface area (Å²) < 4.78 is 5.86. The molecule has 0 aliphatic heterocycles. The Morgan fingerprint density at radius 2 is 1.89 bits per heavy atom. The van der Waals surface area contributed by atoms with Gasteiger partial charge in [-0.05, 0) is 30.7 Å². The molecule has 0 saturated carbocycles. The first-order valence-electron chi connectivity index (χ1n) is 6.67. The first-order chi connectivity index (χ1) is 8.81. The summed E-state index contributed by atoms with van der Waals surface area (Å²) >= 11 is 0. The van der Waals surface area contributed by atoms with Crippen LogP contribution in [0.25, 0.3) is 10.8 Å². The van der Waals surface area contributed by atoms with Gasteiger partial charge in [0.2, 0.25) is 0 Å². The molecule has 18 heavy (non-hydrogen) atoms. The van der Waals surface area contributed by atoms with Gasteiger partial charge in [0.05, 0.1) is 6.61 Å². The molecule has 0 bridgehead atoms. The van der Waals surface area contributed by atoms with Crippen LogP contribution in [-0.4, -0.2) is 12.6 Å². The Morgan fingerprint density at radius 3 is 2.72 bits per heavy atom. The molecule has 2 nitrogen and oxygen atoms in total. The molecule has 1 unspecified atom stereocenters. The number of hydrogen-bond donors (Lipinski definition) is 1. The normalized spacial score (nSPS) is 12.6. The van der Waals surface area contributed by atoms with Crippen molar-refractivity contribution in [3.8, 4) is 5.75 Å². The minimum Gasteiger partial charge on any atom is -0.493 e. The molecule has 0 saturated heterocycles. The molecule has 96 valence electrons. The standard InChI is InChI=1S/C16H21NO/c1-2-14(17)9-6-12-18-16-11-5-8-13-7-3-4-10-15(13)16/h3-5,7-8,10-11,14H,2,6,9,12,17H2,1H3. The first-order valence-corrected chi connectivity index (χ1v) is 6.67. The van der Waals surface area contributed by atoms with Gasteiger partial charge in [-0.3, -0.25) is 0 Å². The van der Waals surface area contributed by atoms with E-state index in [2.05, 4.69) is 25.1 Å². The molecule has 0 radical (unpaired) electrons. The zero-order valence-corrected chi connectivity index (χ0v) is 10.9. The molecule has 0 spiro atoms. The van der Waals surface area contributed by atoms with Crippen molar-refractivity contribution in [1.82, 2.24) is 0 Å². The van der Waals surface area contributed by atoms with E-state index in [4.69, 9.17) is 10.5 Å². The highest BCUT2D eigenvalue weighted by atomic mass is 16.5. The maximum Gasteiger partial charge on any atom is 0.127 e. The lowest BCUT2D eigenvalue weighted by molar-refractivity contribution is 0.304. The van der Waals surface area contributed by atoms with Gasteiger partial charge in [0.15, 0.2) is 0 Å². The molecule has 2 rings (SSSR count). The third kappa shape index (κ3) is 3.23. The van der Waals surface area contributed by atoms with Gasteiger partial charge < -0.3 is 10.5 Å². The van der Waals surface area contributed by atoms with E-state index in [1.165, 1.54) is 10.8 Å². The van der Waals surface area contributed by atoms with Crippen molar-refractivity contribution in [2.45, 2.75) is 32.2 Å². The van der Waals surface area contributed by atoms with Crippen molar-refractivity contribution in [3.63, 3.8) is 0 Å². The quantitative estimate of drug-likeness (QED) is 0.784. The average Bonchev–Trinajstić information content (AvgIpc) is 2.43. The molecule has 2 aromatic rings. The fraction of sp³-hybridized carbons (Fsp3) is 0.375. The minimum absolute atomic E-state index is 0.307. The number of rotatable bonds is 6. The molecule has 1 atom stereocenters. The maximum absolute atomic E-state index is 5.89. The highest BCUT2D eigenvalue weighted by Gasteiger charge is 2.02. The van der Waals surface area contributed by atoms with Crippen LogP contribution in [0.2, 0.25) is 0 Å². The molecule has 0 heterocycles. The Balaban J connectivity index is 1.95. The molecule has 2 N–H and O–H groups in total. The summed E-state index contributed by atoms with van der Waals surface area (Å²) in [5.74, 6) is 0.971. The van der Waals surface area contributed by atoms with Crippen molar-refractivity contribution in [2.75, 3.05) is 6.61 Å². The highest BCUT2D eigenvalue weighted by Crippen LogP contribution is 2.25. The van der Waals surface area contributed by atoms with Gasteiger partial charge in [-0.2, -0.15) is 0 Å². The van der Waals surface area contributed by atoms with E-state index in [1.54, 1.807) is 0 Å². The van der Waals surface area contributed by atoms with Gasteiger partial charge in [-0.1, -0.05) is 43.3 Å². The number of benzene rings is 2. The first kappa shape index (κ1) is 12.9. The van der Waals surface area contributed by atoms with Crippen molar-refractivity contribution >= 4 is 10.8 Å². The van der Waals surface area contributed by atoms with E-state index in [1.807, 2.05) is 24.3 Å². The molecule has 2 aromatic carbocycles. The zero-order chi connectivity index (χ0) is 12.8. The molecule has 0 aromatic heterocycles. The second-order valence-corrected chi connectivity index (χ2v) is 4.64. The fourth-order valence-electron chi connectivity index (χ4n) is 2.05.